The molecule has 0 saturated carbocycles. The second-order valence-corrected chi connectivity index (χ2v) is 5.87. The molecule has 0 aliphatic rings. The van der Waals surface area contributed by atoms with Crippen LogP contribution in [0.4, 0.5) is 4.39 Å². The number of aromatic nitrogens is 3. The van der Waals surface area contributed by atoms with Crippen LogP contribution < -0.4 is 5.32 Å². The van der Waals surface area contributed by atoms with Crippen molar-refractivity contribution < 1.29 is 9.18 Å². The van der Waals surface area contributed by atoms with Crippen LogP contribution in [0.3, 0.4) is 0 Å². The molecule has 0 fully saturated rings. The van der Waals surface area contributed by atoms with Crippen LogP contribution in [0.1, 0.15) is 35.9 Å². The van der Waals surface area contributed by atoms with Gasteiger partial charge < -0.3 is 9.88 Å². The van der Waals surface area contributed by atoms with Crippen LogP contribution in [0.25, 0.3) is 0 Å². The number of benzene rings is 1. The van der Waals surface area contributed by atoms with Crippen LogP contribution >= 0.6 is 23.8 Å². The largest absolute Gasteiger partial charge is 0.350 e. The van der Waals surface area contributed by atoms with Crippen molar-refractivity contribution in [1.29, 1.82) is 0 Å². The van der Waals surface area contributed by atoms with Crippen molar-refractivity contribution in [2.24, 2.45) is 0 Å². The number of halogens is 2. The maximum Gasteiger partial charge on any atom is 0.252 e. The number of nitrogens with zero attached hydrogens (tertiary/aromatic N) is 2. The molecule has 5 nitrogen and oxygen atoms in total. The molecule has 0 radical (unpaired) electrons. The second kappa shape index (κ2) is 7.02. The Morgan fingerprint density at radius 3 is 2.91 bits per heavy atom. The van der Waals surface area contributed by atoms with Crippen molar-refractivity contribution in [2.45, 2.75) is 26.3 Å². The normalized spacial score (nSPS) is 11.0. The van der Waals surface area contributed by atoms with E-state index >= 15 is 0 Å². The molecule has 0 atom stereocenters. The monoisotopic (exact) mass is 342 g/mol. The number of aromatic amines is 1. The van der Waals surface area contributed by atoms with E-state index < -0.39 is 5.82 Å². The summed E-state index contributed by atoms with van der Waals surface area (Å²) in [6.07, 6.45) is 0. The molecule has 22 heavy (non-hydrogen) atoms. The molecule has 1 aromatic heterocycles. The molecule has 118 valence electrons. The molecule has 0 saturated heterocycles. The van der Waals surface area contributed by atoms with Gasteiger partial charge >= 0.3 is 0 Å². The molecular formula is C14H16ClFN4OS. The van der Waals surface area contributed by atoms with Gasteiger partial charge in [-0.25, -0.2) is 4.39 Å². The topological polar surface area (TPSA) is 62.7 Å². The fraction of sp³-hybridized carbons (Fsp3) is 0.357. The van der Waals surface area contributed by atoms with Crippen molar-refractivity contribution in [2.75, 3.05) is 6.54 Å². The molecule has 2 aromatic rings. The highest BCUT2D eigenvalue weighted by atomic mass is 35.5. The van der Waals surface area contributed by atoms with E-state index in [0.29, 0.717) is 17.9 Å². The Labute approximate surface area is 137 Å². The number of hydrogen-bond acceptors (Lipinski definition) is 3. The first-order valence-corrected chi connectivity index (χ1v) is 7.57. The minimum absolute atomic E-state index is 0.0836. The first-order chi connectivity index (χ1) is 10.4. The molecule has 1 amide bonds. The van der Waals surface area contributed by atoms with Crippen molar-refractivity contribution >= 4 is 29.7 Å². The number of rotatable bonds is 5. The quantitative estimate of drug-likeness (QED) is 0.820. The molecule has 0 unspecified atom stereocenters. The summed E-state index contributed by atoms with van der Waals surface area (Å²) in [6, 6.07) is 3.67. The molecule has 2 N–H and O–H groups in total. The molecule has 0 bridgehead atoms. The predicted molar refractivity (Wildman–Crippen MR) is 85.2 cm³/mol. The van der Waals surface area contributed by atoms with Gasteiger partial charge in [0, 0.05) is 19.0 Å². The Balaban J connectivity index is 2.01. The lowest BCUT2D eigenvalue weighted by Crippen LogP contribution is -2.28. The summed E-state index contributed by atoms with van der Waals surface area (Å²) in [5.41, 5.74) is 0.239. The van der Waals surface area contributed by atoms with E-state index in [-0.39, 0.29) is 22.4 Å². The van der Waals surface area contributed by atoms with E-state index in [1.165, 1.54) is 12.1 Å². The zero-order chi connectivity index (χ0) is 16.3. The summed E-state index contributed by atoms with van der Waals surface area (Å²) >= 11 is 11.0. The number of carbonyl (C=O) groups excluding carboxylic acids is 1. The zero-order valence-corrected chi connectivity index (χ0v) is 13.8. The summed E-state index contributed by atoms with van der Waals surface area (Å²) < 4.78 is 15.3. The highest BCUT2D eigenvalue weighted by molar-refractivity contribution is 7.71. The van der Waals surface area contributed by atoms with E-state index in [4.69, 9.17) is 23.8 Å². The van der Waals surface area contributed by atoms with Gasteiger partial charge in [-0.1, -0.05) is 25.4 Å². The van der Waals surface area contributed by atoms with E-state index in [1.807, 2.05) is 18.4 Å². The lowest BCUT2D eigenvalue weighted by molar-refractivity contribution is 0.0952. The Morgan fingerprint density at radius 2 is 2.27 bits per heavy atom. The molecular weight excluding hydrogens is 327 g/mol. The van der Waals surface area contributed by atoms with Gasteiger partial charge in [0.1, 0.15) is 11.6 Å². The van der Waals surface area contributed by atoms with Gasteiger partial charge in [-0.3, -0.25) is 9.89 Å². The van der Waals surface area contributed by atoms with E-state index in [9.17, 15) is 9.18 Å². The summed E-state index contributed by atoms with van der Waals surface area (Å²) in [6.45, 7) is 4.88. The average Bonchev–Trinajstić information content (AvgIpc) is 2.80. The van der Waals surface area contributed by atoms with Gasteiger partial charge in [0.15, 0.2) is 4.77 Å². The first-order valence-electron chi connectivity index (χ1n) is 6.78. The van der Waals surface area contributed by atoms with Crippen LogP contribution in [-0.2, 0) is 6.54 Å². The summed E-state index contributed by atoms with van der Waals surface area (Å²) in [7, 11) is 0. The predicted octanol–water partition coefficient (Wildman–Crippen LogP) is 3.29. The standard InChI is InChI=1S/C14H16ClFN4OS/c1-8(2)12-18-19-14(22)20(12)6-5-17-13(21)10-4-3-9(16)7-11(10)15/h3-4,7-8H,5-6H2,1-2H3,(H,17,21)(H,19,22). The van der Waals surface area contributed by atoms with Crippen molar-refractivity contribution in [3.8, 4) is 0 Å². The van der Waals surface area contributed by atoms with E-state index in [2.05, 4.69) is 15.5 Å². The summed E-state index contributed by atoms with van der Waals surface area (Å²) in [5.74, 6) is 0.216. The Bertz CT molecular complexity index is 741. The number of carbonyl (C=O) groups is 1. The van der Waals surface area contributed by atoms with E-state index in [0.717, 1.165) is 11.9 Å². The Morgan fingerprint density at radius 1 is 1.55 bits per heavy atom. The van der Waals surface area contributed by atoms with Gasteiger partial charge in [-0.05, 0) is 30.4 Å². The minimum atomic E-state index is -0.479. The van der Waals surface area contributed by atoms with Gasteiger partial charge in [-0.2, -0.15) is 5.10 Å². The molecule has 0 aliphatic heterocycles. The average molecular weight is 343 g/mol. The Kier molecular flexibility index (Phi) is 5.31. The number of H-pyrrole nitrogens is 1. The molecule has 0 spiro atoms. The van der Waals surface area contributed by atoms with E-state index in [1.54, 1.807) is 0 Å². The summed E-state index contributed by atoms with van der Waals surface area (Å²) in [5, 5.41) is 9.73. The van der Waals surface area contributed by atoms with Crippen LogP contribution in [0, 0.1) is 10.6 Å². The van der Waals surface area contributed by atoms with Crippen LogP contribution in [0.15, 0.2) is 18.2 Å². The maximum atomic E-state index is 13.0. The summed E-state index contributed by atoms with van der Waals surface area (Å²) in [4.78, 5) is 12.0. The van der Waals surface area contributed by atoms with Crippen molar-refractivity contribution in [3.05, 3.63) is 45.2 Å². The van der Waals surface area contributed by atoms with Crippen LogP contribution in [0.2, 0.25) is 5.02 Å². The second-order valence-electron chi connectivity index (χ2n) is 5.07. The minimum Gasteiger partial charge on any atom is -0.350 e. The van der Waals surface area contributed by atoms with Gasteiger partial charge in [-0.15, -0.1) is 0 Å². The molecule has 8 heteroatoms. The highest BCUT2D eigenvalue weighted by Crippen LogP contribution is 2.17. The highest BCUT2D eigenvalue weighted by Gasteiger charge is 2.12. The van der Waals surface area contributed by atoms with Crippen molar-refractivity contribution in [3.63, 3.8) is 0 Å². The molecule has 1 aromatic carbocycles. The lowest BCUT2D eigenvalue weighted by Gasteiger charge is -2.10. The lowest BCUT2D eigenvalue weighted by atomic mass is 10.2. The fourth-order valence-electron chi connectivity index (χ4n) is 2.04. The SMILES string of the molecule is CC(C)c1n[nH]c(=S)n1CCNC(=O)c1ccc(F)cc1Cl. The fourth-order valence-corrected chi connectivity index (χ4v) is 2.52. The number of amides is 1. The van der Waals surface area contributed by atoms with Crippen LogP contribution in [0.5, 0.6) is 0 Å². The van der Waals surface area contributed by atoms with Gasteiger partial charge in [0.2, 0.25) is 0 Å². The molecule has 0 aliphatic carbocycles. The van der Waals surface area contributed by atoms with Crippen LogP contribution in [-0.4, -0.2) is 27.2 Å². The number of hydrogen-bond donors (Lipinski definition) is 2. The van der Waals surface area contributed by atoms with Crippen molar-refractivity contribution in [1.82, 2.24) is 20.1 Å². The van der Waals surface area contributed by atoms with Gasteiger partial charge in [0.25, 0.3) is 5.91 Å². The first kappa shape index (κ1) is 16.6. The molecule has 2 rings (SSSR count). The number of nitrogens with one attached hydrogen (secondary N) is 2. The maximum absolute atomic E-state index is 13.0. The third-order valence-electron chi connectivity index (χ3n) is 3.10. The third kappa shape index (κ3) is 3.72. The third-order valence-corrected chi connectivity index (χ3v) is 3.73. The zero-order valence-electron chi connectivity index (χ0n) is 12.2. The van der Waals surface area contributed by atoms with Gasteiger partial charge in [0.05, 0.1) is 10.6 Å². The molecule has 1 heterocycles. The Hall–Kier alpha value is -1.73. The smallest absolute Gasteiger partial charge is 0.252 e.